The lowest BCUT2D eigenvalue weighted by atomic mass is 15.8. The highest BCUT2D eigenvalue weighted by molar-refractivity contribution is 6.91. The molecule has 0 amide bonds. The molecule has 0 aromatic heterocycles. The van der Waals surface area contributed by atoms with Crippen molar-refractivity contribution >= 4 is 30.2 Å². The second-order valence-corrected chi connectivity index (χ2v) is 3.21. The van der Waals surface area contributed by atoms with Crippen molar-refractivity contribution in [1.82, 2.24) is 0 Å². The van der Waals surface area contributed by atoms with Crippen molar-refractivity contribution in [2.45, 2.75) is 0 Å². The van der Waals surface area contributed by atoms with E-state index in [2.05, 4.69) is 4.12 Å². The Hall–Kier alpha value is 0.644. The number of halogens is 1. The van der Waals surface area contributed by atoms with Gasteiger partial charge in [-0.2, -0.15) is 0 Å². The van der Waals surface area contributed by atoms with Gasteiger partial charge in [0.25, 0.3) is 10.0 Å². The van der Waals surface area contributed by atoms with Crippen LogP contribution in [0.1, 0.15) is 0 Å². The van der Waals surface area contributed by atoms with E-state index in [1.54, 1.807) is 0 Å². The van der Waals surface area contributed by atoms with Crippen molar-refractivity contribution in [3.05, 3.63) is 0 Å². The van der Waals surface area contributed by atoms with Crippen LogP contribution in [-0.4, -0.2) is 23.9 Å². The number of hydrogen-bond donors (Lipinski definition) is 1. The van der Waals surface area contributed by atoms with E-state index in [0.717, 1.165) is 0 Å². The average molecular weight is 129 g/mol. The minimum Gasteiger partial charge on any atom is -0.433 e. The SMILES string of the molecule is O[SiH2]O[SiH2]Cl. The summed E-state index contributed by atoms with van der Waals surface area (Å²) >= 11 is 5.09. The normalized spacial score (nSPS) is 13.2. The van der Waals surface area contributed by atoms with E-state index in [1.807, 2.05) is 0 Å². The number of rotatable bonds is 2. The summed E-state index contributed by atoms with van der Waals surface area (Å²) in [5, 5.41) is 0. The van der Waals surface area contributed by atoms with Crippen LogP contribution in [0, 0.1) is 0 Å². The Kier molecular flexibility index (Phi) is 5.24. The zero-order valence-corrected chi connectivity index (χ0v) is 6.23. The largest absolute Gasteiger partial charge is 0.433 e. The van der Waals surface area contributed by atoms with Gasteiger partial charge in [0.15, 0.2) is 0 Å². The fourth-order valence-electron chi connectivity index (χ4n) is 0.0345. The summed E-state index contributed by atoms with van der Waals surface area (Å²) in [6.07, 6.45) is 0. The first kappa shape index (κ1) is 5.64. The molecule has 1 N–H and O–H groups in total. The van der Waals surface area contributed by atoms with Gasteiger partial charge in [0.2, 0.25) is 9.07 Å². The summed E-state index contributed by atoms with van der Waals surface area (Å²) in [6, 6.07) is 0. The Balaban J connectivity index is 2.19. The molecule has 0 aliphatic rings. The first-order valence-electron chi connectivity index (χ1n) is 1.16. The van der Waals surface area contributed by atoms with Crippen LogP contribution in [-0.2, 0) is 4.12 Å². The minimum absolute atomic E-state index is 0.802. The Morgan fingerprint density at radius 1 is 1.80 bits per heavy atom. The molecule has 0 aliphatic heterocycles. The van der Waals surface area contributed by atoms with Gasteiger partial charge in [-0.1, -0.05) is 0 Å². The molecule has 0 rings (SSSR count). The van der Waals surface area contributed by atoms with Crippen LogP contribution in [0.25, 0.3) is 0 Å². The third-order valence-corrected chi connectivity index (χ3v) is 2.90. The molecule has 0 aliphatic carbocycles. The van der Waals surface area contributed by atoms with Crippen molar-refractivity contribution in [2.75, 3.05) is 0 Å². The quantitative estimate of drug-likeness (QED) is 0.353. The molecule has 0 atom stereocenters. The summed E-state index contributed by atoms with van der Waals surface area (Å²) in [5.41, 5.74) is 0. The van der Waals surface area contributed by atoms with Crippen LogP contribution in [0.5, 0.6) is 0 Å². The van der Waals surface area contributed by atoms with E-state index >= 15 is 0 Å². The van der Waals surface area contributed by atoms with Crippen molar-refractivity contribution in [2.24, 2.45) is 0 Å². The number of hydrogen-bond acceptors (Lipinski definition) is 2. The molecule has 0 radical (unpaired) electrons. The van der Waals surface area contributed by atoms with Crippen LogP contribution < -0.4 is 0 Å². The van der Waals surface area contributed by atoms with Gasteiger partial charge in [-0.05, 0) is 0 Å². The molecule has 0 bridgehead atoms. The second-order valence-electron chi connectivity index (χ2n) is 0.442. The highest BCUT2D eigenvalue weighted by atomic mass is 35.6. The summed E-state index contributed by atoms with van der Waals surface area (Å²) in [5.74, 6) is 0. The molecule has 32 valence electrons. The molecule has 0 spiro atoms. The van der Waals surface area contributed by atoms with Gasteiger partial charge < -0.3 is 8.91 Å². The molecule has 2 nitrogen and oxygen atoms in total. The maximum Gasteiger partial charge on any atom is 0.291 e. The van der Waals surface area contributed by atoms with E-state index in [4.69, 9.17) is 15.9 Å². The summed E-state index contributed by atoms with van der Waals surface area (Å²) in [6.45, 7) is 0. The maximum absolute atomic E-state index is 7.93. The molecule has 0 fully saturated rings. The molecule has 0 saturated carbocycles. The molecule has 0 saturated heterocycles. The Morgan fingerprint density at radius 3 is 2.40 bits per heavy atom. The van der Waals surface area contributed by atoms with Crippen molar-refractivity contribution in [3.8, 4) is 0 Å². The average Bonchev–Trinajstić information content (AvgIpc) is 1.41. The lowest BCUT2D eigenvalue weighted by Crippen LogP contribution is -1.95. The lowest BCUT2D eigenvalue weighted by molar-refractivity contribution is 0.475. The van der Waals surface area contributed by atoms with Crippen LogP contribution in [0.15, 0.2) is 0 Å². The zero-order valence-electron chi connectivity index (χ0n) is 2.65. The van der Waals surface area contributed by atoms with Crippen LogP contribution in [0.3, 0.4) is 0 Å². The van der Waals surface area contributed by atoms with Gasteiger partial charge in [-0.25, -0.2) is 0 Å². The highest BCUT2D eigenvalue weighted by Crippen LogP contribution is 1.64. The molecule has 0 unspecified atom stereocenters. The lowest BCUT2D eigenvalue weighted by Gasteiger charge is -1.82. The Morgan fingerprint density at radius 2 is 2.40 bits per heavy atom. The standard InChI is InChI=1S/ClH5O2Si2/c1-4-3-5-2/h2H,4-5H2. The van der Waals surface area contributed by atoms with Gasteiger partial charge in [-0.3, -0.25) is 0 Å². The molecular weight excluding hydrogens is 124 g/mol. The fraction of sp³-hybridized carbons (Fsp3) is 0. The maximum atomic E-state index is 7.93. The van der Waals surface area contributed by atoms with Crippen molar-refractivity contribution < 1.29 is 8.91 Å². The molecule has 0 aromatic rings. The molecule has 0 heterocycles. The van der Waals surface area contributed by atoms with E-state index in [0.29, 0.717) is 0 Å². The van der Waals surface area contributed by atoms with E-state index in [9.17, 15) is 0 Å². The fourth-order valence-corrected chi connectivity index (χ4v) is 0.932. The predicted octanol–water partition coefficient (Wildman–Crippen LogP) is -1.77. The third kappa shape index (κ3) is 4.64. The Labute approximate surface area is 39.8 Å². The minimum atomic E-state index is -1.16. The van der Waals surface area contributed by atoms with Gasteiger partial charge >= 0.3 is 0 Å². The highest BCUT2D eigenvalue weighted by Gasteiger charge is 1.71. The van der Waals surface area contributed by atoms with Crippen LogP contribution >= 0.6 is 11.1 Å². The van der Waals surface area contributed by atoms with Gasteiger partial charge in [0.05, 0.1) is 0 Å². The first-order chi connectivity index (χ1) is 2.41. The first-order valence-corrected chi connectivity index (χ1v) is 5.09. The van der Waals surface area contributed by atoms with Gasteiger partial charge in [-0.15, -0.1) is 11.1 Å². The summed E-state index contributed by atoms with van der Waals surface area (Å²) in [4.78, 5) is 7.93. The third-order valence-electron chi connectivity index (χ3n) is 0.168. The molecule has 5 heavy (non-hydrogen) atoms. The van der Waals surface area contributed by atoms with E-state index < -0.39 is 19.1 Å². The predicted molar refractivity (Wildman–Crippen MR) is 26.2 cm³/mol. The second kappa shape index (κ2) is 4.64. The van der Waals surface area contributed by atoms with E-state index in [-0.39, 0.29) is 0 Å². The van der Waals surface area contributed by atoms with E-state index in [1.165, 1.54) is 0 Å². The van der Waals surface area contributed by atoms with Crippen molar-refractivity contribution in [1.29, 1.82) is 0 Å². The van der Waals surface area contributed by atoms with Crippen molar-refractivity contribution in [3.63, 3.8) is 0 Å². The summed E-state index contributed by atoms with van der Waals surface area (Å²) < 4.78 is 4.43. The van der Waals surface area contributed by atoms with Crippen LogP contribution in [0.2, 0.25) is 0 Å². The zero-order chi connectivity index (χ0) is 4.12. The van der Waals surface area contributed by atoms with Crippen LogP contribution in [0.4, 0.5) is 0 Å². The molecule has 0 aromatic carbocycles. The monoisotopic (exact) mass is 128 g/mol. The molecule has 5 heteroatoms. The van der Waals surface area contributed by atoms with Gasteiger partial charge in [0.1, 0.15) is 0 Å². The Bertz CT molecular complexity index is 15.1. The van der Waals surface area contributed by atoms with Gasteiger partial charge in [0, 0.05) is 0 Å². The molecular formula is H5ClO2Si2. The smallest absolute Gasteiger partial charge is 0.291 e. The topological polar surface area (TPSA) is 29.5 Å². The summed E-state index contributed by atoms with van der Waals surface area (Å²) in [7, 11) is -1.96.